The first-order valence-electron chi connectivity index (χ1n) is 10.3. The number of hydrogen-bond donors (Lipinski definition) is 1. The fourth-order valence-corrected chi connectivity index (χ4v) is 3.35. The van der Waals surface area contributed by atoms with Crippen LogP contribution in [0.4, 0.5) is 0 Å². The second-order valence-electron chi connectivity index (χ2n) is 7.17. The number of carbonyl (C=O) groups excluding carboxylic acids is 1. The Balaban J connectivity index is 1.71. The van der Waals surface area contributed by atoms with Gasteiger partial charge in [-0.3, -0.25) is 4.79 Å². The molecular weight excluding hydrogens is 356 g/mol. The molecule has 0 heterocycles. The van der Waals surface area contributed by atoms with Gasteiger partial charge in [-0.15, -0.1) is 0 Å². The maximum absolute atomic E-state index is 12.7. The summed E-state index contributed by atoms with van der Waals surface area (Å²) in [6, 6.07) is 23.8. The molecule has 3 rings (SSSR count). The third-order valence-corrected chi connectivity index (χ3v) is 4.90. The SMILES string of the molecule is CCCCCCC(C=NNC(=O)c1cccc2ccccc12)=Cc1ccccc1. The minimum atomic E-state index is -0.192. The summed E-state index contributed by atoms with van der Waals surface area (Å²) in [5.41, 5.74) is 5.59. The highest BCUT2D eigenvalue weighted by molar-refractivity contribution is 6.07. The Morgan fingerprint density at radius 2 is 1.66 bits per heavy atom. The lowest BCUT2D eigenvalue weighted by Gasteiger charge is -2.06. The van der Waals surface area contributed by atoms with Crippen LogP contribution in [0.1, 0.15) is 54.9 Å². The summed E-state index contributed by atoms with van der Waals surface area (Å²) in [4.78, 5) is 12.7. The van der Waals surface area contributed by atoms with E-state index in [-0.39, 0.29) is 5.91 Å². The number of nitrogens with one attached hydrogen (secondary N) is 1. The summed E-state index contributed by atoms with van der Waals surface area (Å²) in [6.07, 6.45) is 9.65. The van der Waals surface area contributed by atoms with E-state index >= 15 is 0 Å². The molecule has 0 aliphatic heterocycles. The number of benzene rings is 3. The number of hydrazone groups is 1. The number of rotatable bonds is 9. The second-order valence-corrected chi connectivity index (χ2v) is 7.17. The quantitative estimate of drug-likeness (QED) is 0.252. The summed E-state index contributed by atoms with van der Waals surface area (Å²) in [5, 5.41) is 6.24. The van der Waals surface area contributed by atoms with E-state index in [1.165, 1.54) is 19.3 Å². The van der Waals surface area contributed by atoms with Crippen LogP contribution >= 0.6 is 0 Å². The van der Waals surface area contributed by atoms with Crippen LogP contribution in [0.5, 0.6) is 0 Å². The summed E-state index contributed by atoms with van der Waals surface area (Å²) >= 11 is 0. The molecule has 3 aromatic carbocycles. The van der Waals surface area contributed by atoms with Gasteiger partial charge >= 0.3 is 0 Å². The van der Waals surface area contributed by atoms with Gasteiger partial charge in [0.05, 0.1) is 6.21 Å². The molecule has 0 saturated carbocycles. The minimum Gasteiger partial charge on any atom is -0.267 e. The molecule has 0 fully saturated rings. The van der Waals surface area contributed by atoms with Crippen molar-refractivity contribution in [2.45, 2.75) is 39.0 Å². The van der Waals surface area contributed by atoms with Crippen LogP contribution in [-0.4, -0.2) is 12.1 Å². The van der Waals surface area contributed by atoms with E-state index in [1.54, 1.807) is 6.21 Å². The minimum absolute atomic E-state index is 0.192. The van der Waals surface area contributed by atoms with E-state index in [9.17, 15) is 4.79 Å². The molecule has 1 N–H and O–H groups in total. The van der Waals surface area contributed by atoms with Crippen LogP contribution in [-0.2, 0) is 0 Å². The van der Waals surface area contributed by atoms with E-state index in [2.05, 4.69) is 35.7 Å². The third kappa shape index (κ3) is 6.15. The molecule has 0 aromatic heterocycles. The number of hydrogen-bond acceptors (Lipinski definition) is 2. The van der Waals surface area contributed by atoms with Crippen molar-refractivity contribution in [3.05, 3.63) is 89.5 Å². The van der Waals surface area contributed by atoms with Crippen molar-refractivity contribution in [1.29, 1.82) is 0 Å². The average Bonchev–Trinajstić information content (AvgIpc) is 2.76. The number of amides is 1. The molecule has 0 unspecified atom stereocenters. The first-order valence-corrected chi connectivity index (χ1v) is 10.3. The molecule has 0 radical (unpaired) electrons. The molecule has 0 aliphatic carbocycles. The van der Waals surface area contributed by atoms with Crippen LogP contribution in [0, 0.1) is 0 Å². The Morgan fingerprint density at radius 3 is 2.48 bits per heavy atom. The first-order chi connectivity index (χ1) is 14.3. The predicted molar refractivity (Wildman–Crippen MR) is 123 cm³/mol. The molecule has 29 heavy (non-hydrogen) atoms. The van der Waals surface area contributed by atoms with Crippen molar-refractivity contribution in [3.8, 4) is 0 Å². The normalized spacial score (nSPS) is 11.8. The van der Waals surface area contributed by atoms with Gasteiger partial charge in [0.15, 0.2) is 0 Å². The zero-order valence-electron chi connectivity index (χ0n) is 17.0. The molecule has 0 saturated heterocycles. The fourth-order valence-electron chi connectivity index (χ4n) is 3.35. The van der Waals surface area contributed by atoms with Crippen LogP contribution < -0.4 is 5.43 Å². The lowest BCUT2D eigenvalue weighted by atomic mass is 10.0. The molecule has 0 spiro atoms. The van der Waals surface area contributed by atoms with E-state index < -0.39 is 0 Å². The molecule has 148 valence electrons. The summed E-state index contributed by atoms with van der Waals surface area (Å²) in [6.45, 7) is 2.21. The Bertz CT molecular complexity index is 985. The van der Waals surface area contributed by atoms with Crippen LogP contribution in [0.25, 0.3) is 16.8 Å². The molecule has 3 heteroatoms. The highest BCUT2D eigenvalue weighted by Gasteiger charge is 2.08. The number of fused-ring (bicyclic) bond motifs is 1. The van der Waals surface area contributed by atoms with Crippen LogP contribution in [0.15, 0.2) is 83.5 Å². The lowest BCUT2D eigenvalue weighted by molar-refractivity contribution is 0.0957. The Kier molecular flexibility index (Phi) is 7.76. The van der Waals surface area contributed by atoms with Gasteiger partial charge in [-0.25, -0.2) is 5.43 Å². The Morgan fingerprint density at radius 1 is 0.897 bits per heavy atom. The zero-order valence-corrected chi connectivity index (χ0v) is 17.0. The molecule has 3 nitrogen and oxygen atoms in total. The topological polar surface area (TPSA) is 41.5 Å². The van der Waals surface area contributed by atoms with Crippen molar-refractivity contribution in [2.75, 3.05) is 0 Å². The van der Waals surface area contributed by atoms with Crippen LogP contribution in [0.3, 0.4) is 0 Å². The average molecular weight is 385 g/mol. The maximum Gasteiger partial charge on any atom is 0.271 e. The van der Waals surface area contributed by atoms with Crippen LogP contribution in [0.2, 0.25) is 0 Å². The number of unbranched alkanes of at least 4 members (excludes halogenated alkanes) is 3. The Hall–Kier alpha value is -3.20. The molecule has 0 aliphatic rings. The maximum atomic E-state index is 12.7. The standard InChI is InChI=1S/C26H28N2O/c1-2-3-4-6-14-22(19-21-12-7-5-8-13-21)20-27-28-26(29)25-18-11-16-23-15-9-10-17-24(23)25/h5,7-13,15-20H,2-4,6,14H2,1H3,(H,28,29). The van der Waals surface area contributed by atoms with Crippen molar-refractivity contribution in [2.24, 2.45) is 5.10 Å². The van der Waals surface area contributed by atoms with Gasteiger partial charge in [0, 0.05) is 5.56 Å². The van der Waals surface area contributed by atoms with E-state index in [4.69, 9.17) is 0 Å². The monoisotopic (exact) mass is 384 g/mol. The second kappa shape index (κ2) is 11.0. The summed E-state index contributed by atoms with van der Waals surface area (Å²) in [5.74, 6) is -0.192. The Labute approximate surface area is 173 Å². The van der Waals surface area contributed by atoms with Gasteiger partial charge in [-0.2, -0.15) is 5.10 Å². The molecule has 0 bridgehead atoms. The van der Waals surface area contributed by atoms with Gasteiger partial charge < -0.3 is 0 Å². The largest absolute Gasteiger partial charge is 0.271 e. The van der Waals surface area contributed by atoms with Crippen molar-refractivity contribution in [1.82, 2.24) is 5.43 Å². The van der Waals surface area contributed by atoms with Gasteiger partial charge in [-0.1, -0.05) is 99.0 Å². The molecular formula is C26H28N2O. The fraction of sp³-hybridized carbons (Fsp3) is 0.231. The number of nitrogens with zero attached hydrogens (tertiary/aromatic N) is 1. The van der Waals surface area contributed by atoms with Crippen molar-refractivity contribution >= 4 is 29.0 Å². The van der Waals surface area contributed by atoms with Crippen molar-refractivity contribution < 1.29 is 4.79 Å². The first kappa shape index (κ1) is 20.5. The molecule has 3 aromatic rings. The summed E-state index contributed by atoms with van der Waals surface area (Å²) < 4.78 is 0. The zero-order chi connectivity index (χ0) is 20.3. The van der Waals surface area contributed by atoms with Gasteiger partial charge in [0.2, 0.25) is 0 Å². The number of allylic oxidation sites excluding steroid dienone is 1. The van der Waals surface area contributed by atoms with Gasteiger partial charge in [0.1, 0.15) is 0 Å². The molecule has 0 atom stereocenters. The summed E-state index contributed by atoms with van der Waals surface area (Å²) in [7, 11) is 0. The predicted octanol–water partition coefficient (Wildman–Crippen LogP) is 6.61. The van der Waals surface area contributed by atoms with E-state index in [0.717, 1.165) is 34.8 Å². The van der Waals surface area contributed by atoms with E-state index in [0.29, 0.717) is 5.56 Å². The third-order valence-electron chi connectivity index (χ3n) is 4.90. The molecule has 1 amide bonds. The van der Waals surface area contributed by atoms with Gasteiger partial charge in [-0.05, 0) is 40.8 Å². The number of carbonyl (C=O) groups is 1. The van der Waals surface area contributed by atoms with Gasteiger partial charge in [0.25, 0.3) is 5.91 Å². The van der Waals surface area contributed by atoms with Crippen molar-refractivity contribution in [3.63, 3.8) is 0 Å². The van der Waals surface area contributed by atoms with E-state index in [1.807, 2.05) is 60.7 Å². The highest BCUT2D eigenvalue weighted by atomic mass is 16.2. The lowest BCUT2D eigenvalue weighted by Crippen LogP contribution is -2.18. The highest BCUT2D eigenvalue weighted by Crippen LogP contribution is 2.18. The smallest absolute Gasteiger partial charge is 0.267 e.